The normalized spacial score (nSPS) is 18.1. The molecule has 1 aliphatic rings. The lowest BCUT2D eigenvalue weighted by atomic mass is 9.93. The first-order chi connectivity index (χ1) is 13.1. The van der Waals surface area contributed by atoms with Gasteiger partial charge in [0.2, 0.25) is 0 Å². The van der Waals surface area contributed by atoms with Crippen molar-refractivity contribution in [2.75, 3.05) is 20.2 Å². The zero-order chi connectivity index (χ0) is 19.0. The molecule has 142 valence electrons. The molecule has 0 unspecified atom stereocenters. The molecule has 0 aliphatic carbocycles. The van der Waals surface area contributed by atoms with Gasteiger partial charge in [-0.2, -0.15) is 5.10 Å². The van der Waals surface area contributed by atoms with Gasteiger partial charge < -0.3 is 4.74 Å². The Morgan fingerprint density at radius 2 is 1.96 bits per heavy atom. The van der Waals surface area contributed by atoms with Crippen molar-refractivity contribution in [3.63, 3.8) is 0 Å². The predicted octanol–water partition coefficient (Wildman–Crippen LogP) is 3.37. The van der Waals surface area contributed by atoms with Crippen LogP contribution in [0.4, 0.5) is 0 Å². The van der Waals surface area contributed by atoms with Crippen LogP contribution in [0.25, 0.3) is 11.2 Å². The third-order valence-electron chi connectivity index (χ3n) is 5.84. The smallest absolute Gasteiger partial charge is 0.176 e. The van der Waals surface area contributed by atoms with Gasteiger partial charge in [-0.1, -0.05) is 6.07 Å². The quantitative estimate of drug-likeness (QED) is 0.709. The minimum absolute atomic E-state index is 0.402. The summed E-state index contributed by atoms with van der Waals surface area (Å²) in [5.41, 5.74) is 6.84. The van der Waals surface area contributed by atoms with Crippen LogP contribution in [0.1, 0.15) is 41.1 Å². The van der Waals surface area contributed by atoms with Crippen LogP contribution in [0, 0.1) is 13.8 Å². The standard InChI is InChI=1S/C21H27N5O/c1-14-15(2)18(27-4)8-7-16(14)12-26-11-5-6-17(13-26)19-20-21(25(3)24-19)23-10-9-22-20/h7-10,17H,5-6,11-13H2,1-4H3/t17-/m0/s1. The highest BCUT2D eigenvalue weighted by Crippen LogP contribution is 2.31. The molecule has 3 aromatic rings. The summed E-state index contributed by atoms with van der Waals surface area (Å²) in [7, 11) is 3.68. The Balaban J connectivity index is 1.56. The molecule has 1 saturated heterocycles. The first-order valence-electron chi connectivity index (χ1n) is 9.57. The molecular weight excluding hydrogens is 338 g/mol. The fourth-order valence-electron chi connectivity index (χ4n) is 4.19. The van der Waals surface area contributed by atoms with Gasteiger partial charge in [0.25, 0.3) is 0 Å². The first kappa shape index (κ1) is 17.9. The minimum Gasteiger partial charge on any atom is -0.496 e. The van der Waals surface area contributed by atoms with Crippen molar-refractivity contribution in [3.8, 4) is 5.75 Å². The van der Waals surface area contributed by atoms with Gasteiger partial charge in [-0.25, -0.2) is 14.6 Å². The molecule has 0 saturated carbocycles. The summed E-state index contributed by atoms with van der Waals surface area (Å²) in [6.07, 6.45) is 5.82. The Morgan fingerprint density at radius 1 is 1.15 bits per heavy atom. The summed E-state index contributed by atoms with van der Waals surface area (Å²) in [5.74, 6) is 1.37. The van der Waals surface area contributed by atoms with Crippen LogP contribution in [0.5, 0.6) is 5.75 Å². The summed E-state index contributed by atoms with van der Waals surface area (Å²) in [6, 6.07) is 4.29. The monoisotopic (exact) mass is 365 g/mol. The number of hydrogen-bond donors (Lipinski definition) is 0. The molecule has 2 aromatic heterocycles. The van der Waals surface area contributed by atoms with Crippen LogP contribution >= 0.6 is 0 Å². The molecule has 0 spiro atoms. The van der Waals surface area contributed by atoms with Crippen molar-refractivity contribution in [2.45, 2.75) is 39.2 Å². The molecular formula is C21H27N5O. The molecule has 0 radical (unpaired) electrons. The Hall–Kier alpha value is -2.47. The van der Waals surface area contributed by atoms with E-state index in [1.54, 1.807) is 19.5 Å². The van der Waals surface area contributed by atoms with Crippen molar-refractivity contribution >= 4 is 11.2 Å². The topological polar surface area (TPSA) is 56.1 Å². The second-order valence-corrected chi connectivity index (χ2v) is 7.49. The predicted molar refractivity (Wildman–Crippen MR) is 106 cm³/mol. The molecule has 0 N–H and O–H groups in total. The lowest BCUT2D eigenvalue weighted by molar-refractivity contribution is 0.198. The third-order valence-corrected chi connectivity index (χ3v) is 5.84. The number of likely N-dealkylation sites (tertiary alicyclic amines) is 1. The fourth-order valence-corrected chi connectivity index (χ4v) is 4.19. The second-order valence-electron chi connectivity index (χ2n) is 7.49. The summed E-state index contributed by atoms with van der Waals surface area (Å²) in [5, 5.41) is 4.76. The molecule has 1 atom stereocenters. The Bertz CT molecular complexity index is 965. The molecule has 3 heterocycles. The average molecular weight is 365 g/mol. The maximum atomic E-state index is 5.45. The highest BCUT2D eigenvalue weighted by atomic mass is 16.5. The van der Waals surface area contributed by atoms with Gasteiger partial charge in [0.05, 0.1) is 12.8 Å². The number of fused-ring (bicyclic) bond motifs is 1. The number of piperidine rings is 1. The van der Waals surface area contributed by atoms with Crippen molar-refractivity contribution in [1.29, 1.82) is 0 Å². The number of aromatic nitrogens is 4. The van der Waals surface area contributed by atoms with Crippen LogP contribution in [-0.4, -0.2) is 44.8 Å². The zero-order valence-corrected chi connectivity index (χ0v) is 16.6. The molecule has 0 amide bonds. The lowest BCUT2D eigenvalue weighted by Gasteiger charge is -2.32. The van der Waals surface area contributed by atoms with Gasteiger partial charge in [0.1, 0.15) is 11.3 Å². The highest BCUT2D eigenvalue weighted by molar-refractivity contribution is 5.73. The first-order valence-corrected chi connectivity index (χ1v) is 9.57. The Kier molecular flexibility index (Phi) is 4.83. The van der Waals surface area contributed by atoms with Crippen LogP contribution < -0.4 is 4.74 Å². The maximum absolute atomic E-state index is 5.45. The largest absolute Gasteiger partial charge is 0.496 e. The summed E-state index contributed by atoms with van der Waals surface area (Å²) < 4.78 is 7.31. The lowest BCUT2D eigenvalue weighted by Crippen LogP contribution is -2.34. The van der Waals surface area contributed by atoms with E-state index in [-0.39, 0.29) is 0 Å². The molecule has 0 bridgehead atoms. The number of rotatable bonds is 4. The molecule has 1 aliphatic heterocycles. The van der Waals surface area contributed by atoms with Gasteiger partial charge in [-0.05, 0) is 56.0 Å². The maximum Gasteiger partial charge on any atom is 0.176 e. The van der Waals surface area contributed by atoms with E-state index in [1.807, 2.05) is 11.7 Å². The summed E-state index contributed by atoms with van der Waals surface area (Å²) in [4.78, 5) is 11.5. The number of hydrogen-bond acceptors (Lipinski definition) is 5. The van der Waals surface area contributed by atoms with Gasteiger partial charge in [-0.3, -0.25) is 4.90 Å². The van der Waals surface area contributed by atoms with Crippen molar-refractivity contribution in [3.05, 3.63) is 46.9 Å². The van der Waals surface area contributed by atoms with Gasteiger partial charge >= 0.3 is 0 Å². The number of ether oxygens (including phenoxy) is 1. The molecule has 1 fully saturated rings. The van der Waals surface area contributed by atoms with E-state index in [4.69, 9.17) is 9.84 Å². The van der Waals surface area contributed by atoms with E-state index in [1.165, 1.54) is 23.1 Å². The number of methoxy groups -OCH3 is 1. The van der Waals surface area contributed by atoms with Gasteiger partial charge in [0, 0.05) is 38.4 Å². The second kappa shape index (κ2) is 7.27. The van der Waals surface area contributed by atoms with Crippen LogP contribution in [0.15, 0.2) is 24.5 Å². The van der Waals surface area contributed by atoms with Crippen LogP contribution in [0.3, 0.4) is 0 Å². The number of aryl methyl sites for hydroxylation is 1. The van der Waals surface area contributed by atoms with E-state index in [0.717, 1.165) is 48.7 Å². The fraction of sp³-hybridized carbons (Fsp3) is 0.476. The molecule has 27 heavy (non-hydrogen) atoms. The van der Waals surface area contributed by atoms with Crippen molar-refractivity contribution < 1.29 is 4.74 Å². The zero-order valence-electron chi connectivity index (χ0n) is 16.6. The SMILES string of the molecule is COc1ccc(CN2CCC[C@H](c3nn(C)c4nccnc34)C2)c(C)c1C. The van der Waals surface area contributed by atoms with E-state index < -0.39 is 0 Å². The highest BCUT2D eigenvalue weighted by Gasteiger charge is 2.27. The number of benzene rings is 1. The summed E-state index contributed by atoms with van der Waals surface area (Å²) >= 11 is 0. The molecule has 4 rings (SSSR count). The van der Waals surface area contributed by atoms with Crippen LogP contribution in [-0.2, 0) is 13.6 Å². The van der Waals surface area contributed by atoms with E-state index in [0.29, 0.717) is 5.92 Å². The van der Waals surface area contributed by atoms with E-state index in [2.05, 4.69) is 40.8 Å². The van der Waals surface area contributed by atoms with Crippen LogP contribution in [0.2, 0.25) is 0 Å². The van der Waals surface area contributed by atoms with Crippen molar-refractivity contribution in [1.82, 2.24) is 24.6 Å². The average Bonchev–Trinajstić information content (AvgIpc) is 3.03. The number of nitrogens with zero attached hydrogens (tertiary/aromatic N) is 5. The minimum atomic E-state index is 0.402. The molecule has 1 aromatic carbocycles. The Morgan fingerprint density at radius 3 is 2.78 bits per heavy atom. The Labute approximate surface area is 160 Å². The van der Waals surface area contributed by atoms with Gasteiger partial charge in [-0.15, -0.1) is 0 Å². The van der Waals surface area contributed by atoms with Gasteiger partial charge in [0.15, 0.2) is 5.65 Å². The molecule has 6 nitrogen and oxygen atoms in total. The van der Waals surface area contributed by atoms with E-state index >= 15 is 0 Å². The van der Waals surface area contributed by atoms with Crippen molar-refractivity contribution in [2.24, 2.45) is 7.05 Å². The van der Waals surface area contributed by atoms with E-state index in [9.17, 15) is 0 Å². The third kappa shape index (κ3) is 3.30. The summed E-state index contributed by atoms with van der Waals surface area (Å²) in [6.45, 7) is 7.42. The molecule has 6 heteroatoms.